The lowest BCUT2D eigenvalue weighted by Gasteiger charge is -2.37. The van der Waals surface area contributed by atoms with Crippen LogP contribution in [0.2, 0.25) is 0 Å². The fourth-order valence-electron chi connectivity index (χ4n) is 1.12. The highest BCUT2D eigenvalue weighted by molar-refractivity contribution is 5.55. The van der Waals surface area contributed by atoms with E-state index in [4.69, 9.17) is 35.7 Å². The highest BCUT2D eigenvalue weighted by Gasteiger charge is 2.42. The second-order valence-corrected chi connectivity index (χ2v) is 3.61. The first-order valence-corrected chi connectivity index (χ1v) is 5.11. The van der Waals surface area contributed by atoms with Crippen molar-refractivity contribution in [1.29, 1.82) is 0 Å². The molecule has 1 saturated heterocycles. The molecule has 0 aromatic heterocycles. The predicted molar refractivity (Wildman–Crippen MR) is 55.1 cm³/mol. The lowest BCUT2D eigenvalue weighted by molar-refractivity contribution is -0.286. The summed E-state index contributed by atoms with van der Waals surface area (Å²) in [5, 5.41) is 60.6. The predicted octanol–water partition coefficient (Wildman–Crippen LogP) is -4.68. The maximum Gasteiger partial charge on any atom is 0.184 e. The van der Waals surface area contributed by atoms with Crippen molar-refractivity contribution in [1.82, 2.24) is 0 Å². The molecule has 0 aliphatic carbocycles. The Balaban J connectivity index is 0.000000411. The Morgan fingerprint density at radius 1 is 1.06 bits per heavy atom. The topological polar surface area (TPSA) is 168 Å². The van der Waals surface area contributed by atoms with Gasteiger partial charge in [0, 0.05) is 0 Å². The number of carbonyl (C=O) groups is 1. The zero-order valence-electron chi connectivity index (χ0n) is 9.40. The molecule has 1 heterocycles. The van der Waals surface area contributed by atoms with Crippen LogP contribution in [0.15, 0.2) is 0 Å². The van der Waals surface area contributed by atoms with Crippen molar-refractivity contribution in [2.45, 2.75) is 36.8 Å². The van der Waals surface area contributed by atoms with E-state index < -0.39 is 50.0 Å². The summed E-state index contributed by atoms with van der Waals surface area (Å²) >= 11 is 0. The molecular formula is C9H18O9. The summed E-state index contributed by atoms with van der Waals surface area (Å²) < 4.78 is 4.58. The maximum atomic E-state index is 9.33. The molecule has 0 radical (unpaired) electrons. The molecule has 0 aromatic carbocycles. The number of aliphatic hydroxyl groups excluding tert-OH is 7. The molecule has 108 valence electrons. The van der Waals surface area contributed by atoms with Gasteiger partial charge < -0.3 is 45.3 Å². The number of hydrogen-bond donors (Lipinski definition) is 7. The van der Waals surface area contributed by atoms with Crippen molar-refractivity contribution in [2.75, 3.05) is 13.2 Å². The van der Waals surface area contributed by atoms with E-state index in [-0.39, 0.29) is 6.29 Å². The summed E-state index contributed by atoms with van der Waals surface area (Å²) in [4.78, 5) is 9.33. The Morgan fingerprint density at radius 2 is 1.61 bits per heavy atom. The lowest BCUT2D eigenvalue weighted by Crippen LogP contribution is -2.58. The molecule has 0 saturated carbocycles. The van der Waals surface area contributed by atoms with Crippen LogP contribution in [0.3, 0.4) is 0 Å². The average molecular weight is 270 g/mol. The van der Waals surface area contributed by atoms with Gasteiger partial charge in [0.25, 0.3) is 0 Å². The van der Waals surface area contributed by atoms with Crippen LogP contribution in [0.4, 0.5) is 0 Å². The monoisotopic (exact) mass is 270 g/mol. The van der Waals surface area contributed by atoms with Gasteiger partial charge in [0.05, 0.1) is 13.2 Å². The average Bonchev–Trinajstić information content (AvgIpc) is 2.40. The highest BCUT2D eigenvalue weighted by Crippen LogP contribution is 2.18. The zero-order chi connectivity index (χ0) is 14.3. The number of aliphatic hydroxyl groups is 7. The minimum atomic E-state index is -1.57. The van der Waals surface area contributed by atoms with Crippen LogP contribution in [0.1, 0.15) is 0 Å². The van der Waals surface area contributed by atoms with Crippen LogP contribution in [0.25, 0.3) is 0 Å². The third kappa shape index (κ3) is 4.92. The first-order valence-electron chi connectivity index (χ1n) is 5.11. The van der Waals surface area contributed by atoms with E-state index in [2.05, 4.69) is 4.74 Å². The smallest absolute Gasteiger partial charge is 0.184 e. The van der Waals surface area contributed by atoms with Gasteiger partial charge in [-0.05, 0) is 0 Å². The first kappa shape index (κ1) is 17.4. The highest BCUT2D eigenvalue weighted by atomic mass is 16.6. The van der Waals surface area contributed by atoms with Gasteiger partial charge in [0.1, 0.15) is 30.5 Å². The summed E-state index contributed by atoms with van der Waals surface area (Å²) in [6.45, 7) is -1.01. The van der Waals surface area contributed by atoms with Crippen molar-refractivity contribution in [3.05, 3.63) is 0 Å². The summed E-state index contributed by atoms with van der Waals surface area (Å²) in [7, 11) is 0. The molecule has 1 rings (SSSR count). The number of hydrogen-bond acceptors (Lipinski definition) is 9. The summed E-state index contributed by atoms with van der Waals surface area (Å²) in [5.74, 6) is 0. The Kier molecular flexibility index (Phi) is 8.15. The number of carbonyl (C=O) groups excluding carboxylic acids is 1. The molecule has 9 nitrogen and oxygen atoms in total. The van der Waals surface area contributed by atoms with Gasteiger partial charge in [-0.3, -0.25) is 0 Å². The van der Waals surface area contributed by atoms with E-state index >= 15 is 0 Å². The Labute approximate surface area is 102 Å². The SMILES string of the molecule is O=C[C@H](O)CO.OC[C@H]1O[C@H](O)[C@H](O)[C@@H](O)[C@H]1O. The van der Waals surface area contributed by atoms with Gasteiger partial charge >= 0.3 is 0 Å². The van der Waals surface area contributed by atoms with Gasteiger partial charge in [-0.25, -0.2) is 0 Å². The number of ether oxygens (including phenoxy) is 1. The van der Waals surface area contributed by atoms with Gasteiger partial charge in [-0.2, -0.15) is 0 Å². The number of aldehydes is 1. The van der Waals surface area contributed by atoms with Crippen LogP contribution in [-0.2, 0) is 9.53 Å². The Bertz CT molecular complexity index is 231. The van der Waals surface area contributed by atoms with Crippen molar-refractivity contribution in [2.24, 2.45) is 0 Å². The molecule has 9 heteroatoms. The minimum absolute atomic E-state index is 0.278. The largest absolute Gasteiger partial charge is 0.394 e. The summed E-state index contributed by atoms with van der Waals surface area (Å²) in [6.07, 6.45) is -7.95. The third-order valence-corrected chi connectivity index (χ3v) is 2.21. The molecule has 0 unspecified atom stereocenters. The van der Waals surface area contributed by atoms with Crippen LogP contribution < -0.4 is 0 Å². The third-order valence-electron chi connectivity index (χ3n) is 2.21. The van der Waals surface area contributed by atoms with Gasteiger partial charge in [-0.15, -0.1) is 0 Å². The minimum Gasteiger partial charge on any atom is -0.394 e. The second kappa shape index (κ2) is 8.45. The van der Waals surface area contributed by atoms with Crippen molar-refractivity contribution in [3.63, 3.8) is 0 Å². The molecule has 0 spiro atoms. The van der Waals surface area contributed by atoms with Gasteiger partial charge in [0.15, 0.2) is 12.6 Å². The fraction of sp³-hybridized carbons (Fsp3) is 0.889. The first-order chi connectivity index (χ1) is 8.38. The van der Waals surface area contributed by atoms with E-state index in [1.165, 1.54) is 0 Å². The van der Waals surface area contributed by atoms with Crippen molar-refractivity contribution >= 4 is 6.29 Å². The van der Waals surface area contributed by atoms with Crippen LogP contribution in [0, 0.1) is 0 Å². The van der Waals surface area contributed by atoms with Crippen molar-refractivity contribution < 1.29 is 45.3 Å². The fourth-order valence-corrected chi connectivity index (χ4v) is 1.12. The molecule has 0 amide bonds. The van der Waals surface area contributed by atoms with E-state index in [1.807, 2.05) is 0 Å². The molecule has 0 aromatic rings. The van der Waals surface area contributed by atoms with Crippen molar-refractivity contribution in [3.8, 4) is 0 Å². The summed E-state index contributed by atoms with van der Waals surface area (Å²) in [5.41, 5.74) is 0. The zero-order valence-corrected chi connectivity index (χ0v) is 9.40. The molecule has 1 fully saturated rings. The molecule has 1 aliphatic heterocycles. The Hall–Kier alpha value is -0.650. The molecule has 7 N–H and O–H groups in total. The maximum absolute atomic E-state index is 9.33. The van der Waals surface area contributed by atoms with Gasteiger partial charge in [0.2, 0.25) is 0 Å². The second-order valence-electron chi connectivity index (χ2n) is 3.61. The van der Waals surface area contributed by atoms with E-state index in [9.17, 15) is 4.79 Å². The standard InChI is InChI=1S/C6H12O6.C3H6O3/c7-1-2-3(8)4(9)5(10)6(11)12-2;4-1-3(6)2-5/h2-11H,1H2;1,3,5-6H,2H2/t2-,3+,4+,5-,6+;3-/m10/s1. The van der Waals surface area contributed by atoms with E-state index in [0.717, 1.165) is 0 Å². The summed E-state index contributed by atoms with van der Waals surface area (Å²) in [6, 6.07) is 0. The lowest BCUT2D eigenvalue weighted by atomic mass is 10.00. The molecule has 0 bridgehead atoms. The van der Waals surface area contributed by atoms with E-state index in [1.54, 1.807) is 0 Å². The molecular weight excluding hydrogens is 252 g/mol. The van der Waals surface area contributed by atoms with Crippen LogP contribution >= 0.6 is 0 Å². The molecule has 6 atom stereocenters. The van der Waals surface area contributed by atoms with Crippen LogP contribution in [0.5, 0.6) is 0 Å². The van der Waals surface area contributed by atoms with Crippen LogP contribution in [-0.4, -0.2) is 92.1 Å². The quantitative estimate of drug-likeness (QED) is 0.249. The number of rotatable bonds is 3. The molecule has 1 aliphatic rings. The molecule has 18 heavy (non-hydrogen) atoms. The normalized spacial score (nSPS) is 37.4. The Morgan fingerprint density at radius 3 is 1.94 bits per heavy atom. The van der Waals surface area contributed by atoms with Gasteiger partial charge in [-0.1, -0.05) is 0 Å². The van der Waals surface area contributed by atoms with E-state index in [0.29, 0.717) is 0 Å².